The van der Waals surface area contributed by atoms with Crippen molar-refractivity contribution in [1.82, 2.24) is 9.88 Å². The quantitative estimate of drug-likeness (QED) is 0.436. The third kappa shape index (κ3) is 3.75. The Morgan fingerprint density at radius 1 is 1.18 bits per heavy atom. The van der Waals surface area contributed by atoms with E-state index in [1.807, 2.05) is 14.1 Å². The number of Topliss-reactive ketones (excluding diaryl/α,β-unsaturated/α-hetero) is 1. The van der Waals surface area contributed by atoms with Gasteiger partial charge < -0.3 is 19.6 Å². The van der Waals surface area contributed by atoms with Crippen LogP contribution in [0.15, 0.2) is 54.2 Å². The number of nitrogens with one attached hydrogen (secondary N) is 1. The summed E-state index contributed by atoms with van der Waals surface area (Å²) < 4.78 is 5.14. The van der Waals surface area contributed by atoms with E-state index in [9.17, 15) is 14.7 Å². The van der Waals surface area contributed by atoms with Crippen LogP contribution in [0.25, 0.3) is 5.76 Å². The van der Waals surface area contributed by atoms with Gasteiger partial charge in [0.25, 0.3) is 11.7 Å². The van der Waals surface area contributed by atoms with Gasteiger partial charge in [0.1, 0.15) is 17.6 Å². The number of hydrogen-bond donors (Lipinski definition) is 2. The van der Waals surface area contributed by atoms with Crippen LogP contribution in [0, 0.1) is 0 Å². The van der Waals surface area contributed by atoms with Gasteiger partial charge >= 0.3 is 0 Å². The topological polar surface area (TPSA) is 84.2 Å². The predicted octanol–water partition coefficient (Wildman–Crippen LogP) is 0.656. The first-order chi connectivity index (χ1) is 13.4. The van der Waals surface area contributed by atoms with Crippen LogP contribution in [0.5, 0.6) is 5.75 Å². The molecule has 28 heavy (non-hydrogen) atoms. The van der Waals surface area contributed by atoms with Gasteiger partial charge in [-0.3, -0.25) is 14.6 Å². The van der Waals surface area contributed by atoms with Crippen molar-refractivity contribution in [2.75, 3.05) is 34.3 Å². The first kappa shape index (κ1) is 19.6. The summed E-state index contributed by atoms with van der Waals surface area (Å²) in [5, 5.41) is 10.9. The molecule has 2 N–H and O–H groups in total. The highest BCUT2D eigenvalue weighted by molar-refractivity contribution is 6.46. The van der Waals surface area contributed by atoms with Gasteiger partial charge in [-0.25, -0.2) is 0 Å². The van der Waals surface area contributed by atoms with E-state index in [1.54, 1.807) is 55.8 Å². The second-order valence-corrected chi connectivity index (χ2v) is 6.93. The number of ether oxygens (including phenoxy) is 1. The van der Waals surface area contributed by atoms with Crippen molar-refractivity contribution in [3.05, 3.63) is 65.5 Å². The summed E-state index contributed by atoms with van der Waals surface area (Å²) in [5.74, 6) is -0.895. The molecular weight excluding hydrogens is 358 g/mol. The average molecular weight is 382 g/mol. The number of likely N-dealkylation sites (N-methyl/N-ethyl adjacent to an activating group) is 1. The number of carbonyl (C=O) groups excluding carboxylic acids is 2. The number of quaternary nitrogens is 1. The molecule has 1 atom stereocenters. The Balaban J connectivity index is 2.10. The van der Waals surface area contributed by atoms with Crippen molar-refractivity contribution in [3.63, 3.8) is 0 Å². The van der Waals surface area contributed by atoms with Crippen LogP contribution in [-0.4, -0.2) is 61.0 Å². The van der Waals surface area contributed by atoms with Crippen LogP contribution in [0.2, 0.25) is 0 Å². The molecule has 7 heteroatoms. The summed E-state index contributed by atoms with van der Waals surface area (Å²) in [4.78, 5) is 32.5. The van der Waals surface area contributed by atoms with Crippen LogP contribution in [0.4, 0.5) is 0 Å². The molecule has 146 valence electrons. The van der Waals surface area contributed by atoms with E-state index < -0.39 is 17.7 Å². The number of nitrogens with zero attached hydrogens (tertiary/aromatic N) is 2. The summed E-state index contributed by atoms with van der Waals surface area (Å²) in [6.45, 7) is 1.05. The van der Waals surface area contributed by atoms with Crippen LogP contribution < -0.4 is 9.64 Å². The molecule has 0 unspecified atom stereocenters. The number of aliphatic hydroxyl groups excluding tert-OH is 1. The number of amides is 1. The molecule has 1 aromatic carbocycles. The fourth-order valence-corrected chi connectivity index (χ4v) is 3.20. The van der Waals surface area contributed by atoms with Crippen molar-refractivity contribution < 1.29 is 24.3 Å². The SMILES string of the molecule is COc1ccc(C(O)=C2C(=O)C(=O)N(CC[NH+](C)C)[C@H]2c2ccccn2)cc1. The van der Waals surface area contributed by atoms with E-state index in [0.717, 1.165) is 4.90 Å². The van der Waals surface area contributed by atoms with Crippen molar-refractivity contribution in [1.29, 1.82) is 0 Å². The Labute approximate surface area is 163 Å². The number of carbonyl (C=O) groups is 2. The van der Waals surface area contributed by atoms with Crippen LogP contribution in [0.1, 0.15) is 17.3 Å². The number of pyridine rings is 1. The highest BCUT2D eigenvalue weighted by Gasteiger charge is 2.46. The zero-order valence-electron chi connectivity index (χ0n) is 16.2. The van der Waals surface area contributed by atoms with E-state index >= 15 is 0 Å². The molecule has 1 aliphatic rings. The number of ketones is 1. The number of benzene rings is 1. The lowest BCUT2D eigenvalue weighted by Crippen LogP contribution is -3.06. The Morgan fingerprint density at radius 3 is 2.46 bits per heavy atom. The molecular formula is C21H24N3O4+. The normalized spacial score (nSPS) is 18.7. The highest BCUT2D eigenvalue weighted by atomic mass is 16.5. The van der Waals surface area contributed by atoms with E-state index in [0.29, 0.717) is 30.1 Å². The van der Waals surface area contributed by atoms with E-state index in [4.69, 9.17) is 4.74 Å². The monoisotopic (exact) mass is 382 g/mol. The smallest absolute Gasteiger partial charge is 0.295 e. The van der Waals surface area contributed by atoms with Gasteiger partial charge in [0.05, 0.1) is 45.6 Å². The largest absolute Gasteiger partial charge is 0.507 e. The zero-order valence-corrected chi connectivity index (χ0v) is 16.2. The Hall–Kier alpha value is -3.19. The maximum absolute atomic E-state index is 12.8. The van der Waals surface area contributed by atoms with E-state index in [1.165, 1.54) is 4.90 Å². The Morgan fingerprint density at radius 2 is 1.89 bits per heavy atom. The first-order valence-electron chi connectivity index (χ1n) is 9.07. The number of aromatic nitrogens is 1. The second kappa shape index (κ2) is 8.22. The number of rotatable bonds is 6. The van der Waals surface area contributed by atoms with Crippen LogP contribution in [0.3, 0.4) is 0 Å². The van der Waals surface area contributed by atoms with Gasteiger partial charge in [-0.15, -0.1) is 0 Å². The number of likely N-dealkylation sites (tertiary alicyclic amines) is 1. The third-order valence-electron chi connectivity index (χ3n) is 4.72. The fourth-order valence-electron chi connectivity index (χ4n) is 3.20. The second-order valence-electron chi connectivity index (χ2n) is 6.93. The van der Waals surface area contributed by atoms with Gasteiger partial charge in [0.2, 0.25) is 0 Å². The Bertz CT molecular complexity index is 892. The summed E-state index contributed by atoms with van der Waals surface area (Å²) in [5.41, 5.74) is 1.05. The molecule has 0 radical (unpaired) electrons. The molecule has 3 rings (SSSR count). The molecule has 0 saturated carbocycles. The molecule has 1 aliphatic heterocycles. The van der Waals surface area contributed by atoms with Gasteiger partial charge in [-0.05, 0) is 36.4 Å². The van der Waals surface area contributed by atoms with Gasteiger partial charge in [0.15, 0.2) is 0 Å². The molecule has 1 fully saturated rings. The number of methoxy groups -OCH3 is 1. The molecule has 0 bridgehead atoms. The number of hydrogen-bond acceptors (Lipinski definition) is 5. The van der Waals surface area contributed by atoms with Crippen LogP contribution in [-0.2, 0) is 9.59 Å². The summed E-state index contributed by atoms with van der Waals surface area (Å²) in [6.07, 6.45) is 1.61. The fraction of sp³-hybridized carbons (Fsp3) is 0.286. The third-order valence-corrected chi connectivity index (χ3v) is 4.72. The van der Waals surface area contributed by atoms with Crippen LogP contribution >= 0.6 is 0 Å². The minimum absolute atomic E-state index is 0.0580. The average Bonchev–Trinajstić information content (AvgIpc) is 2.97. The van der Waals surface area contributed by atoms with E-state index in [-0.39, 0.29) is 11.3 Å². The number of aliphatic hydroxyl groups is 1. The minimum Gasteiger partial charge on any atom is -0.507 e. The van der Waals surface area contributed by atoms with E-state index in [2.05, 4.69) is 4.98 Å². The van der Waals surface area contributed by atoms with Crippen molar-refractivity contribution in [2.45, 2.75) is 6.04 Å². The maximum Gasteiger partial charge on any atom is 0.295 e. The lowest BCUT2D eigenvalue weighted by molar-refractivity contribution is -0.857. The minimum atomic E-state index is -0.720. The lowest BCUT2D eigenvalue weighted by Gasteiger charge is -2.24. The van der Waals surface area contributed by atoms with Crippen molar-refractivity contribution in [3.8, 4) is 5.75 Å². The van der Waals surface area contributed by atoms with Crippen molar-refractivity contribution in [2.24, 2.45) is 0 Å². The molecule has 0 spiro atoms. The summed E-state index contributed by atoms with van der Waals surface area (Å²) in [6, 6.07) is 11.3. The molecule has 1 aromatic heterocycles. The maximum atomic E-state index is 12.8. The zero-order chi connectivity index (χ0) is 20.3. The molecule has 1 amide bonds. The van der Waals surface area contributed by atoms with Gasteiger partial charge in [0, 0.05) is 11.8 Å². The van der Waals surface area contributed by atoms with Gasteiger partial charge in [-0.1, -0.05) is 6.07 Å². The standard InChI is InChI=1S/C21H23N3O4/c1-23(2)12-13-24-18(16-6-4-5-11-22-16)17(20(26)21(24)27)19(25)14-7-9-15(28-3)10-8-14/h4-11,18,25H,12-13H2,1-3H3/p+1/t18-/m0/s1. The summed E-state index contributed by atoms with van der Waals surface area (Å²) >= 11 is 0. The Kier molecular flexibility index (Phi) is 5.75. The molecule has 2 heterocycles. The summed E-state index contributed by atoms with van der Waals surface area (Å²) in [7, 11) is 5.50. The molecule has 0 aliphatic carbocycles. The molecule has 7 nitrogen and oxygen atoms in total. The molecule has 1 saturated heterocycles. The van der Waals surface area contributed by atoms with Gasteiger partial charge in [-0.2, -0.15) is 0 Å². The van der Waals surface area contributed by atoms with Crippen molar-refractivity contribution >= 4 is 17.4 Å². The highest BCUT2D eigenvalue weighted by Crippen LogP contribution is 2.38. The molecule has 2 aromatic rings. The predicted molar refractivity (Wildman–Crippen MR) is 104 cm³/mol. The first-order valence-corrected chi connectivity index (χ1v) is 9.07. The lowest BCUT2D eigenvalue weighted by atomic mass is 9.98.